The smallest absolute Gasteiger partial charge is 0.349 e. The van der Waals surface area contributed by atoms with Crippen LogP contribution in [0.3, 0.4) is 0 Å². The molecule has 0 aliphatic carbocycles. The zero-order chi connectivity index (χ0) is 17.4. The number of rotatable bonds is 2. The fourth-order valence-corrected chi connectivity index (χ4v) is 3.85. The van der Waals surface area contributed by atoms with Crippen LogP contribution in [0.15, 0.2) is 68.3 Å². The number of carbonyl (C=O) groups is 1. The van der Waals surface area contributed by atoms with Gasteiger partial charge in [0.2, 0.25) is 0 Å². The molecular weight excluding hydrogens is 382 g/mol. The van der Waals surface area contributed by atoms with Gasteiger partial charge in [-0.3, -0.25) is 4.79 Å². The minimum atomic E-state index is -0.580. The summed E-state index contributed by atoms with van der Waals surface area (Å²) in [5.41, 5.74) is 1.09. The molecule has 4 nitrogen and oxygen atoms in total. The van der Waals surface area contributed by atoms with E-state index in [2.05, 4.69) is 15.9 Å². The van der Waals surface area contributed by atoms with Crippen molar-refractivity contribution in [3.63, 3.8) is 0 Å². The molecule has 25 heavy (non-hydrogen) atoms. The first-order chi connectivity index (χ1) is 12.1. The molecule has 1 aromatic heterocycles. The molecule has 2 heterocycles. The van der Waals surface area contributed by atoms with E-state index in [0.717, 1.165) is 28.3 Å². The quantitative estimate of drug-likeness (QED) is 0.596. The maximum Gasteiger partial charge on any atom is 0.349 e. The Balaban J connectivity index is 1.72. The van der Waals surface area contributed by atoms with E-state index in [1.807, 2.05) is 36.4 Å². The van der Waals surface area contributed by atoms with Gasteiger partial charge < -0.3 is 9.32 Å². The summed E-state index contributed by atoms with van der Waals surface area (Å²) < 4.78 is 6.30. The van der Waals surface area contributed by atoms with Crippen molar-refractivity contribution in [2.75, 3.05) is 6.54 Å². The van der Waals surface area contributed by atoms with Gasteiger partial charge in [0, 0.05) is 16.4 Å². The molecule has 0 N–H and O–H groups in total. The molecule has 2 aromatic carbocycles. The van der Waals surface area contributed by atoms with Gasteiger partial charge in [-0.2, -0.15) is 0 Å². The first kappa shape index (κ1) is 16.1. The number of hydrogen-bond donors (Lipinski definition) is 0. The van der Waals surface area contributed by atoms with Gasteiger partial charge in [0.05, 0.1) is 6.04 Å². The summed E-state index contributed by atoms with van der Waals surface area (Å²) in [5, 5.41) is 0.753. The Morgan fingerprint density at radius 2 is 1.96 bits per heavy atom. The highest BCUT2D eigenvalue weighted by Crippen LogP contribution is 2.34. The van der Waals surface area contributed by atoms with Gasteiger partial charge in [0.1, 0.15) is 11.1 Å². The summed E-state index contributed by atoms with van der Waals surface area (Å²) in [6.07, 6.45) is 1.81. The van der Waals surface area contributed by atoms with Gasteiger partial charge in [-0.15, -0.1) is 0 Å². The number of amides is 1. The molecule has 4 rings (SSSR count). The topological polar surface area (TPSA) is 50.5 Å². The second-order valence-corrected chi connectivity index (χ2v) is 7.11. The third-order valence-electron chi connectivity index (χ3n) is 4.62. The molecule has 1 saturated heterocycles. The lowest BCUT2D eigenvalue weighted by Gasteiger charge is -2.25. The van der Waals surface area contributed by atoms with E-state index >= 15 is 0 Å². The highest BCUT2D eigenvalue weighted by atomic mass is 79.9. The summed E-state index contributed by atoms with van der Waals surface area (Å²) >= 11 is 3.48. The van der Waals surface area contributed by atoms with E-state index in [4.69, 9.17) is 4.42 Å². The normalized spacial score (nSPS) is 17.2. The average Bonchev–Trinajstić information content (AvgIpc) is 3.10. The molecule has 126 valence electrons. The Morgan fingerprint density at radius 1 is 1.12 bits per heavy atom. The number of carbonyl (C=O) groups excluding carboxylic acids is 1. The average molecular weight is 398 g/mol. The van der Waals surface area contributed by atoms with E-state index in [1.54, 1.807) is 23.1 Å². The van der Waals surface area contributed by atoms with Crippen molar-refractivity contribution in [3.05, 3.63) is 80.6 Å². The summed E-state index contributed by atoms with van der Waals surface area (Å²) in [6, 6.07) is 16.8. The van der Waals surface area contributed by atoms with E-state index in [1.165, 1.54) is 0 Å². The zero-order valence-electron chi connectivity index (χ0n) is 13.4. The highest BCUT2D eigenvalue weighted by molar-refractivity contribution is 9.10. The number of nitrogens with zero attached hydrogens (tertiary/aromatic N) is 1. The van der Waals surface area contributed by atoms with E-state index < -0.39 is 5.63 Å². The Kier molecular flexibility index (Phi) is 4.17. The van der Waals surface area contributed by atoms with Crippen molar-refractivity contribution in [2.45, 2.75) is 18.9 Å². The van der Waals surface area contributed by atoms with E-state index in [0.29, 0.717) is 12.1 Å². The summed E-state index contributed by atoms with van der Waals surface area (Å²) in [6.45, 7) is 0.641. The second kappa shape index (κ2) is 6.48. The first-order valence-corrected chi connectivity index (χ1v) is 9.02. The van der Waals surface area contributed by atoms with E-state index in [-0.39, 0.29) is 17.5 Å². The standard InChI is InChI=1S/C20H16BrNO3/c21-15-7-3-6-13(11-15)17-8-4-10-22(17)19(23)16-12-14-5-1-2-9-18(14)25-20(16)24/h1-3,5-7,9,11-12,17H,4,8,10H2/t17-/m1/s1. The van der Waals surface area contributed by atoms with Crippen LogP contribution in [0.4, 0.5) is 0 Å². The van der Waals surface area contributed by atoms with Crippen LogP contribution in [-0.2, 0) is 0 Å². The molecule has 5 heteroatoms. The molecule has 1 amide bonds. The Morgan fingerprint density at radius 3 is 2.80 bits per heavy atom. The third kappa shape index (κ3) is 3.00. The van der Waals surface area contributed by atoms with Crippen molar-refractivity contribution >= 4 is 32.8 Å². The van der Waals surface area contributed by atoms with Gasteiger partial charge >= 0.3 is 5.63 Å². The van der Waals surface area contributed by atoms with Crippen molar-refractivity contribution < 1.29 is 9.21 Å². The van der Waals surface area contributed by atoms with Gasteiger partial charge in [-0.1, -0.05) is 46.3 Å². The fourth-order valence-electron chi connectivity index (χ4n) is 3.44. The molecule has 0 spiro atoms. The molecule has 0 saturated carbocycles. The lowest BCUT2D eigenvalue weighted by Crippen LogP contribution is -2.33. The molecule has 0 unspecified atom stereocenters. The maximum absolute atomic E-state index is 13.0. The monoisotopic (exact) mass is 397 g/mol. The minimum absolute atomic E-state index is 0.0177. The summed E-state index contributed by atoms with van der Waals surface area (Å²) in [5.74, 6) is -0.262. The molecule has 0 bridgehead atoms. The number of fused-ring (bicyclic) bond motifs is 1. The Bertz CT molecular complexity index is 1010. The highest BCUT2D eigenvalue weighted by Gasteiger charge is 2.32. The lowest BCUT2D eigenvalue weighted by molar-refractivity contribution is 0.0731. The van der Waals surface area contributed by atoms with E-state index in [9.17, 15) is 9.59 Å². The number of hydrogen-bond acceptors (Lipinski definition) is 3. The van der Waals surface area contributed by atoms with Crippen molar-refractivity contribution in [3.8, 4) is 0 Å². The van der Waals surface area contributed by atoms with Gasteiger partial charge in [-0.05, 0) is 42.7 Å². The number of para-hydroxylation sites is 1. The van der Waals surface area contributed by atoms with Crippen LogP contribution in [-0.4, -0.2) is 17.4 Å². The Labute approximate surface area is 153 Å². The number of likely N-dealkylation sites (tertiary alicyclic amines) is 1. The number of halogens is 1. The Hall–Kier alpha value is -2.40. The molecule has 1 aliphatic heterocycles. The molecule has 0 radical (unpaired) electrons. The van der Waals surface area contributed by atoms with Crippen molar-refractivity contribution in [1.29, 1.82) is 0 Å². The minimum Gasteiger partial charge on any atom is -0.422 e. The van der Waals surface area contributed by atoms with Crippen LogP contribution in [0.25, 0.3) is 11.0 Å². The van der Waals surface area contributed by atoms with Gasteiger partial charge in [0.25, 0.3) is 5.91 Å². The SMILES string of the molecule is O=C(c1cc2ccccc2oc1=O)N1CCC[C@@H]1c1cccc(Br)c1. The van der Waals surface area contributed by atoms with Crippen LogP contribution in [0.2, 0.25) is 0 Å². The first-order valence-electron chi connectivity index (χ1n) is 8.23. The van der Waals surface area contributed by atoms with Crippen LogP contribution in [0, 0.1) is 0 Å². The predicted octanol–water partition coefficient (Wildman–Crippen LogP) is 4.53. The van der Waals surface area contributed by atoms with Crippen LogP contribution >= 0.6 is 15.9 Å². The number of benzene rings is 2. The predicted molar refractivity (Wildman–Crippen MR) is 99.6 cm³/mol. The molecule has 1 fully saturated rings. The molecule has 1 atom stereocenters. The lowest BCUT2D eigenvalue weighted by atomic mass is 10.0. The summed E-state index contributed by atoms with van der Waals surface area (Å²) in [7, 11) is 0. The van der Waals surface area contributed by atoms with Gasteiger partial charge in [0.15, 0.2) is 0 Å². The second-order valence-electron chi connectivity index (χ2n) is 6.20. The summed E-state index contributed by atoms with van der Waals surface area (Å²) in [4.78, 5) is 27.1. The molecule has 3 aromatic rings. The largest absolute Gasteiger partial charge is 0.422 e. The molecule has 1 aliphatic rings. The third-order valence-corrected chi connectivity index (χ3v) is 5.11. The van der Waals surface area contributed by atoms with Crippen molar-refractivity contribution in [1.82, 2.24) is 4.90 Å². The maximum atomic E-state index is 13.0. The van der Waals surface area contributed by atoms with Crippen LogP contribution < -0.4 is 5.63 Å². The zero-order valence-corrected chi connectivity index (χ0v) is 15.0. The van der Waals surface area contributed by atoms with Crippen LogP contribution in [0.1, 0.15) is 34.8 Å². The van der Waals surface area contributed by atoms with Crippen molar-refractivity contribution in [2.24, 2.45) is 0 Å². The van der Waals surface area contributed by atoms with Crippen LogP contribution in [0.5, 0.6) is 0 Å². The fraction of sp³-hybridized carbons (Fsp3) is 0.200. The molecular formula is C20H16BrNO3. The van der Waals surface area contributed by atoms with Gasteiger partial charge in [-0.25, -0.2) is 4.79 Å².